The van der Waals surface area contributed by atoms with Gasteiger partial charge in [0.2, 0.25) is 0 Å². The van der Waals surface area contributed by atoms with Crippen molar-refractivity contribution in [3.63, 3.8) is 0 Å². The van der Waals surface area contributed by atoms with E-state index in [2.05, 4.69) is 10.4 Å². The van der Waals surface area contributed by atoms with E-state index in [-0.39, 0.29) is 30.3 Å². The Bertz CT molecular complexity index is 1200. The van der Waals surface area contributed by atoms with Crippen molar-refractivity contribution in [1.82, 2.24) is 15.1 Å². The lowest BCUT2D eigenvalue weighted by Crippen LogP contribution is -2.40. The molecule has 0 bridgehead atoms. The number of carbonyl (C=O) groups excluding carboxylic acids is 1. The predicted molar refractivity (Wildman–Crippen MR) is 125 cm³/mol. The summed E-state index contributed by atoms with van der Waals surface area (Å²) in [6.45, 7) is -0.0263. The third kappa shape index (κ3) is 4.97. The van der Waals surface area contributed by atoms with Gasteiger partial charge in [-0.2, -0.15) is 5.10 Å². The first-order valence-corrected chi connectivity index (χ1v) is 11.0. The zero-order valence-electron chi connectivity index (χ0n) is 19.1. The number of benzene rings is 2. The van der Waals surface area contributed by atoms with E-state index < -0.39 is 30.5 Å². The number of nitrogens with zero attached hydrogens (tertiary/aromatic N) is 2. The number of methoxy groups -OCH3 is 1. The van der Waals surface area contributed by atoms with E-state index in [1.165, 1.54) is 7.11 Å². The van der Waals surface area contributed by atoms with Gasteiger partial charge in [0.15, 0.2) is 0 Å². The van der Waals surface area contributed by atoms with Crippen LogP contribution in [0.3, 0.4) is 0 Å². The van der Waals surface area contributed by atoms with Crippen molar-refractivity contribution in [3.05, 3.63) is 65.2 Å². The Kier molecular flexibility index (Phi) is 7.01. The van der Waals surface area contributed by atoms with Crippen molar-refractivity contribution in [3.8, 4) is 17.0 Å². The molecule has 186 valence electrons. The summed E-state index contributed by atoms with van der Waals surface area (Å²) >= 11 is 0. The van der Waals surface area contributed by atoms with Gasteiger partial charge in [-0.05, 0) is 11.6 Å². The number of nitrogens with two attached hydrogens (primary N) is 2. The van der Waals surface area contributed by atoms with Crippen molar-refractivity contribution in [2.75, 3.05) is 26.1 Å². The van der Waals surface area contributed by atoms with Gasteiger partial charge >= 0.3 is 0 Å². The van der Waals surface area contributed by atoms with Crippen LogP contribution in [-0.2, 0) is 11.3 Å². The molecule has 2 aromatic carbocycles. The number of primary amides is 1. The zero-order valence-corrected chi connectivity index (χ0v) is 19.1. The molecule has 2 unspecified atom stereocenters. The Labute approximate surface area is 200 Å². The number of nitrogens with one attached hydrogen (secondary N) is 1. The molecule has 2 heterocycles. The summed E-state index contributed by atoms with van der Waals surface area (Å²) in [6.07, 6.45) is -1.43. The van der Waals surface area contributed by atoms with E-state index >= 15 is 0 Å². The molecular formula is C24H27F2N5O4. The maximum absolute atomic E-state index is 14.5. The molecule has 0 radical (unpaired) electrons. The number of carbonyl (C=O) groups is 1. The first-order chi connectivity index (χ1) is 16.7. The Morgan fingerprint density at radius 2 is 2.03 bits per heavy atom. The van der Waals surface area contributed by atoms with Crippen LogP contribution in [0.2, 0.25) is 0 Å². The molecule has 1 fully saturated rings. The topological polar surface area (TPSA) is 138 Å². The molecule has 11 heteroatoms. The van der Waals surface area contributed by atoms with Crippen LogP contribution >= 0.6 is 0 Å². The molecular weight excluding hydrogens is 460 g/mol. The van der Waals surface area contributed by atoms with E-state index in [9.17, 15) is 18.7 Å². The van der Waals surface area contributed by atoms with Gasteiger partial charge in [0.05, 0.1) is 20.3 Å². The Balaban J connectivity index is 1.55. The first-order valence-electron chi connectivity index (χ1n) is 11.0. The lowest BCUT2D eigenvalue weighted by atomic mass is 10.0. The van der Waals surface area contributed by atoms with E-state index in [0.717, 1.165) is 10.2 Å². The molecule has 1 aliphatic heterocycles. The van der Waals surface area contributed by atoms with Crippen LogP contribution < -0.4 is 21.5 Å². The van der Waals surface area contributed by atoms with Crippen LogP contribution in [-0.4, -0.2) is 47.0 Å². The van der Waals surface area contributed by atoms with Gasteiger partial charge in [-0.1, -0.05) is 42.5 Å². The number of rotatable bonds is 8. The van der Waals surface area contributed by atoms with Crippen molar-refractivity contribution in [1.29, 1.82) is 0 Å². The fraction of sp³-hybridized carbons (Fsp3) is 0.333. The van der Waals surface area contributed by atoms with Crippen LogP contribution in [0.25, 0.3) is 11.3 Å². The summed E-state index contributed by atoms with van der Waals surface area (Å²) in [5.74, 6) is -3.63. The number of amides is 1. The lowest BCUT2D eigenvalue weighted by Gasteiger charge is -2.31. The fourth-order valence-electron chi connectivity index (χ4n) is 4.07. The van der Waals surface area contributed by atoms with Crippen molar-refractivity contribution < 1.29 is 28.2 Å². The van der Waals surface area contributed by atoms with Gasteiger partial charge in [0.25, 0.3) is 11.8 Å². The van der Waals surface area contributed by atoms with Gasteiger partial charge in [-0.15, -0.1) is 0 Å². The highest BCUT2D eigenvalue weighted by Crippen LogP contribution is 2.39. The maximum Gasteiger partial charge on any atom is 0.274 e. The number of hydrogen-bond donors (Lipinski definition) is 4. The molecule has 0 spiro atoms. The standard InChI is InChI=1S/C24H27F2N5O4/c1-34-17-5-3-2-4-16(17)23(33)29-12-14-6-8-15(9-7-14)20-19(22(28)32)21(27)31(30-20)18-13-35-11-10-24(18,25)26/h2-9,18,23,29,33H,10-13,27H2,1H3,(H2,28,32). The van der Waals surface area contributed by atoms with Crippen LogP contribution in [0.4, 0.5) is 14.6 Å². The second kappa shape index (κ2) is 9.98. The van der Waals surface area contributed by atoms with Crippen LogP contribution in [0.5, 0.6) is 5.75 Å². The van der Waals surface area contributed by atoms with Gasteiger partial charge in [-0.3, -0.25) is 10.1 Å². The summed E-state index contributed by atoms with van der Waals surface area (Å²) in [6, 6.07) is 12.6. The maximum atomic E-state index is 14.5. The van der Waals surface area contributed by atoms with Gasteiger partial charge in [0, 0.05) is 24.1 Å². The molecule has 1 amide bonds. The number of hydrogen-bond acceptors (Lipinski definition) is 7. The minimum Gasteiger partial charge on any atom is -0.496 e. The summed E-state index contributed by atoms with van der Waals surface area (Å²) in [7, 11) is 1.53. The van der Waals surface area contributed by atoms with E-state index in [1.807, 2.05) is 6.07 Å². The molecule has 4 rings (SSSR count). The zero-order chi connectivity index (χ0) is 25.2. The van der Waals surface area contributed by atoms with E-state index in [0.29, 0.717) is 23.4 Å². The molecule has 35 heavy (non-hydrogen) atoms. The summed E-state index contributed by atoms with van der Waals surface area (Å²) < 4.78 is 40.4. The fourth-order valence-corrected chi connectivity index (χ4v) is 4.07. The number of ether oxygens (including phenoxy) is 2. The average Bonchev–Trinajstić information content (AvgIpc) is 3.19. The van der Waals surface area contributed by atoms with Crippen molar-refractivity contribution in [2.45, 2.75) is 31.2 Å². The average molecular weight is 488 g/mol. The van der Waals surface area contributed by atoms with Crippen LogP contribution in [0, 0.1) is 0 Å². The van der Waals surface area contributed by atoms with Crippen molar-refractivity contribution >= 4 is 11.7 Å². The molecule has 6 N–H and O–H groups in total. The summed E-state index contributed by atoms with van der Waals surface area (Å²) in [4.78, 5) is 12.1. The number of anilines is 1. The quantitative estimate of drug-likeness (QED) is 0.359. The second-order valence-electron chi connectivity index (χ2n) is 8.24. The Morgan fingerprint density at radius 3 is 2.69 bits per heavy atom. The smallest absolute Gasteiger partial charge is 0.274 e. The molecule has 1 saturated heterocycles. The van der Waals surface area contributed by atoms with Gasteiger partial charge in [0.1, 0.15) is 35.1 Å². The van der Waals surface area contributed by atoms with Crippen LogP contribution in [0.15, 0.2) is 48.5 Å². The largest absolute Gasteiger partial charge is 0.496 e. The Morgan fingerprint density at radius 1 is 1.31 bits per heavy atom. The molecule has 1 aromatic heterocycles. The second-order valence-corrected chi connectivity index (χ2v) is 8.24. The number of alkyl halides is 2. The normalized spacial score (nSPS) is 18.2. The van der Waals surface area contributed by atoms with E-state index in [4.69, 9.17) is 20.9 Å². The number of halogens is 2. The number of nitrogen functional groups attached to an aromatic ring is 1. The predicted octanol–water partition coefficient (Wildman–Crippen LogP) is 2.62. The van der Waals surface area contributed by atoms with Gasteiger partial charge in [-0.25, -0.2) is 13.5 Å². The number of aliphatic hydroxyl groups is 1. The highest BCUT2D eigenvalue weighted by atomic mass is 19.3. The number of aliphatic hydroxyl groups excluding tert-OH is 1. The molecule has 0 saturated carbocycles. The third-order valence-corrected chi connectivity index (χ3v) is 5.99. The first kappa shape index (κ1) is 24.6. The monoisotopic (exact) mass is 487 g/mol. The molecule has 9 nitrogen and oxygen atoms in total. The number of aromatic nitrogens is 2. The Hall–Kier alpha value is -3.54. The van der Waals surface area contributed by atoms with E-state index in [1.54, 1.807) is 42.5 Å². The highest BCUT2D eigenvalue weighted by molar-refractivity contribution is 6.03. The summed E-state index contributed by atoms with van der Waals surface area (Å²) in [5.41, 5.74) is 13.5. The molecule has 3 aromatic rings. The minimum atomic E-state index is -3.09. The molecule has 0 aliphatic carbocycles. The summed E-state index contributed by atoms with van der Waals surface area (Å²) in [5, 5.41) is 17.7. The van der Waals surface area contributed by atoms with Crippen molar-refractivity contribution in [2.24, 2.45) is 5.73 Å². The van der Waals surface area contributed by atoms with Crippen LogP contribution in [0.1, 0.15) is 40.2 Å². The lowest BCUT2D eigenvalue weighted by molar-refractivity contribution is -0.135. The molecule has 1 aliphatic rings. The molecule has 2 atom stereocenters. The minimum absolute atomic E-state index is 0.0680. The van der Waals surface area contributed by atoms with Gasteiger partial charge < -0.3 is 26.0 Å². The SMILES string of the molecule is COc1ccccc1C(O)NCc1ccc(-c2nn(C3COCCC3(F)F)c(N)c2C(N)=O)cc1. The highest BCUT2D eigenvalue weighted by Gasteiger charge is 2.45. The number of para-hydroxylation sites is 1. The third-order valence-electron chi connectivity index (χ3n) is 5.99.